The fraction of sp³-hybridized carbons (Fsp3) is 0.389. The zero-order valence-electron chi connectivity index (χ0n) is 15.4. The van der Waals surface area contributed by atoms with Crippen LogP contribution in [0.25, 0.3) is 0 Å². The summed E-state index contributed by atoms with van der Waals surface area (Å²) in [4.78, 5) is 15.1. The molecule has 0 aliphatic carbocycles. The third-order valence-corrected chi connectivity index (χ3v) is 4.58. The highest BCUT2D eigenvalue weighted by atomic mass is 127. The Balaban J connectivity index is 0.00000261. The molecule has 0 radical (unpaired) electrons. The second kappa shape index (κ2) is 10.5. The van der Waals surface area contributed by atoms with Crippen molar-refractivity contribution in [2.45, 2.75) is 19.0 Å². The lowest BCUT2D eigenvalue weighted by Gasteiger charge is -2.20. The van der Waals surface area contributed by atoms with E-state index >= 15 is 0 Å². The van der Waals surface area contributed by atoms with Gasteiger partial charge in [0.15, 0.2) is 5.96 Å². The summed E-state index contributed by atoms with van der Waals surface area (Å²) < 4.78 is 5.28. The zero-order chi connectivity index (χ0) is 18.4. The van der Waals surface area contributed by atoms with Crippen molar-refractivity contribution in [2.24, 2.45) is 4.99 Å². The van der Waals surface area contributed by atoms with Crippen LogP contribution in [0.1, 0.15) is 12.0 Å². The minimum Gasteiger partial charge on any atom is -0.481 e. The first-order chi connectivity index (χ1) is 12.7. The molecule has 1 atom stereocenters. The van der Waals surface area contributed by atoms with Gasteiger partial charge >= 0.3 is 0 Å². The minimum absolute atomic E-state index is 0. The molecule has 2 N–H and O–H groups in total. The van der Waals surface area contributed by atoms with Crippen molar-refractivity contribution in [3.05, 3.63) is 47.2 Å². The van der Waals surface area contributed by atoms with Crippen molar-refractivity contribution in [1.29, 1.82) is 0 Å². The molecule has 146 valence electrons. The van der Waals surface area contributed by atoms with E-state index in [4.69, 9.17) is 16.3 Å². The number of guanidine groups is 1. The maximum atomic E-state index is 6.25. The van der Waals surface area contributed by atoms with Gasteiger partial charge < -0.3 is 20.3 Å². The van der Waals surface area contributed by atoms with Crippen molar-refractivity contribution in [1.82, 2.24) is 20.6 Å². The van der Waals surface area contributed by atoms with E-state index in [0.717, 1.165) is 36.9 Å². The Kier molecular flexibility index (Phi) is 8.36. The van der Waals surface area contributed by atoms with Gasteiger partial charge in [-0.3, -0.25) is 4.99 Å². The van der Waals surface area contributed by atoms with E-state index in [1.165, 1.54) is 0 Å². The molecule has 1 unspecified atom stereocenters. The molecule has 1 aliphatic rings. The molecular weight excluding hydrogens is 479 g/mol. The van der Waals surface area contributed by atoms with Crippen molar-refractivity contribution >= 4 is 47.4 Å². The predicted octanol–water partition coefficient (Wildman–Crippen LogP) is 2.70. The van der Waals surface area contributed by atoms with E-state index in [1.54, 1.807) is 26.6 Å². The van der Waals surface area contributed by atoms with Gasteiger partial charge in [0.1, 0.15) is 5.82 Å². The molecule has 27 heavy (non-hydrogen) atoms. The molecule has 1 fully saturated rings. The Hall–Kier alpha value is -1.81. The predicted molar refractivity (Wildman–Crippen MR) is 119 cm³/mol. The molecule has 3 heterocycles. The Morgan fingerprint density at radius 3 is 2.85 bits per heavy atom. The Morgan fingerprint density at radius 1 is 1.33 bits per heavy atom. The summed E-state index contributed by atoms with van der Waals surface area (Å²) in [7, 11) is 3.38. The second-order valence-corrected chi connectivity index (χ2v) is 6.39. The monoisotopic (exact) mass is 502 g/mol. The van der Waals surface area contributed by atoms with E-state index in [-0.39, 0.29) is 30.0 Å². The number of aromatic nitrogens is 2. The van der Waals surface area contributed by atoms with Crippen LogP contribution in [0.3, 0.4) is 0 Å². The fourth-order valence-electron chi connectivity index (χ4n) is 2.99. The van der Waals surface area contributed by atoms with Crippen LogP contribution in [0, 0.1) is 0 Å². The number of nitrogens with one attached hydrogen (secondary N) is 2. The number of halogens is 2. The van der Waals surface area contributed by atoms with E-state index in [9.17, 15) is 0 Å². The van der Waals surface area contributed by atoms with Crippen LogP contribution in [0.2, 0.25) is 5.02 Å². The van der Waals surface area contributed by atoms with Gasteiger partial charge in [-0.05, 0) is 24.6 Å². The molecule has 9 heteroatoms. The van der Waals surface area contributed by atoms with Gasteiger partial charge in [-0.25, -0.2) is 9.97 Å². The highest BCUT2D eigenvalue weighted by Crippen LogP contribution is 2.25. The van der Waals surface area contributed by atoms with Crippen LogP contribution in [-0.4, -0.2) is 49.2 Å². The fourth-order valence-corrected chi connectivity index (χ4v) is 3.23. The van der Waals surface area contributed by atoms with Gasteiger partial charge in [-0.15, -0.1) is 24.0 Å². The number of aliphatic imine (C=N–C) groups is 1. The largest absolute Gasteiger partial charge is 0.481 e. The van der Waals surface area contributed by atoms with Crippen LogP contribution < -0.4 is 20.3 Å². The lowest BCUT2D eigenvalue weighted by molar-refractivity contribution is 0.392. The third-order valence-electron chi connectivity index (χ3n) is 4.28. The molecule has 2 aromatic rings. The normalized spacial score (nSPS) is 16.6. The highest BCUT2D eigenvalue weighted by molar-refractivity contribution is 14.0. The van der Waals surface area contributed by atoms with Gasteiger partial charge in [-0.1, -0.05) is 17.7 Å². The van der Waals surface area contributed by atoms with Gasteiger partial charge in [0.2, 0.25) is 5.88 Å². The first-order valence-corrected chi connectivity index (χ1v) is 8.89. The Bertz CT molecular complexity index is 775. The van der Waals surface area contributed by atoms with Gasteiger partial charge in [0.25, 0.3) is 0 Å². The van der Waals surface area contributed by atoms with Crippen molar-refractivity contribution < 1.29 is 4.74 Å². The molecule has 1 saturated heterocycles. The summed E-state index contributed by atoms with van der Waals surface area (Å²) >= 11 is 6.25. The van der Waals surface area contributed by atoms with Crippen LogP contribution in [-0.2, 0) is 6.54 Å². The minimum atomic E-state index is 0. The first-order valence-electron chi connectivity index (χ1n) is 8.51. The number of ether oxygens (including phenoxy) is 1. The van der Waals surface area contributed by atoms with Gasteiger partial charge in [0.05, 0.1) is 12.1 Å². The molecule has 7 nitrogen and oxygen atoms in total. The van der Waals surface area contributed by atoms with Gasteiger partial charge in [0, 0.05) is 50.7 Å². The van der Waals surface area contributed by atoms with Crippen LogP contribution in [0.4, 0.5) is 5.82 Å². The number of rotatable bonds is 5. The molecule has 1 aliphatic heterocycles. The van der Waals surface area contributed by atoms with E-state index in [1.807, 2.05) is 24.3 Å². The molecule has 2 aromatic heterocycles. The summed E-state index contributed by atoms with van der Waals surface area (Å²) in [5.74, 6) is 2.20. The molecular formula is C18H24ClIN6O. The number of methoxy groups -OCH3 is 1. The van der Waals surface area contributed by atoms with E-state index in [2.05, 4.69) is 30.5 Å². The average Bonchev–Trinajstić information content (AvgIpc) is 3.14. The smallest absolute Gasteiger partial charge is 0.218 e. The maximum absolute atomic E-state index is 6.25. The zero-order valence-corrected chi connectivity index (χ0v) is 18.4. The van der Waals surface area contributed by atoms with Crippen LogP contribution in [0.15, 0.2) is 41.7 Å². The maximum Gasteiger partial charge on any atom is 0.218 e. The Labute approximate surface area is 181 Å². The van der Waals surface area contributed by atoms with Crippen LogP contribution in [0.5, 0.6) is 5.88 Å². The Morgan fingerprint density at radius 2 is 2.11 bits per heavy atom. The van der Waals surface area contributed by atoms with E-state index in [0.29, 0.717) is 17.4 Å². The molecule has 0 bridgehead atoms. The second-order valence-electron chi connectivity index (χ2n) is 5.98. The quantitative estimate of drug-likeness (QED) is 0.372. The van der Waals surface area contributed by atoms with Crippen molar-refractivity contribution in [3.8, 4) is 5.88 Å². The molecule has 0 amide bonds. The number of nitrogens with zero attached hydrogens (tertiary/aromatic N) is 4. The van der Waals surface area contributed by atoms with Crippen LogP contribution >= 0.6 is 35.6 Å². The summed E-state index contributed by atoms with van der Waals surface area (Å²) in [5, 5.41) is 7.45. The average molecular weight is 503 g/mol. The molecule has 0 saturated carbocycles. The topological polar surface area (TPSA) is 74.7 Å². The van der Waals surface area contributed by atoms with Crippen molar-refractivity contribution in [3.63, 3.8) is 0 Å². The van der Waals surface area contributed by atoms with E-state index < -0.39 is 0 Å². The third kappa shape index (κ3) is 5.58. The lowest BCUT2D eigenvalue weighted by Crippen LogP contribution is -2.44. The lowest BCUT2D eigenvalue weighted by atomic mass is 10.2. The number of pyridine rings is 2. The number of anilines is 1. The summed E-state index contributed by atoms with van der Waals surface area (Å²) in [6.07, 6.45) is 4.47. The SMILES string of the molecule is CN=C(NCc1cccnc1OC)NC1CCN(c2ncccc2Cl)C1.I. The first kappa shape index (κ1) is 21.5. The highest BCUT2D eigenvalue weighted by Gasteiger charge is 2.25. The standard InChI is InChI=1S/C18H23ClN6O.HI/c1-20-18(23-11-13-5-3-9-22-17(13)26-2)24-14-7-10-25(12-14)16-15(19)6-4-8-21-16;/h3-6,8-9,14H,7,10-12H2,1-2H3,(H2,20,23,24);1H. The number of hydrogen-bond donors (Lipinski definition) is 2. The van der Waals surface area contributed by atoms with Crippen molar-refractivity contribution in [2.75, 3.05) is 32.1 Å². The number of hydrogen-bond acceptors (Lipinski definition) is 5. The molecule has 3 rings (SSSR count). The summed E-state index contributed by atoms with van der Waals surface area (Å²) in [5.41, 5.74) is 0.978. The van der Waals surface area contributed by atoms with Gasteiger partial charge in [-0.2, -0.15) is 0 Å². The molecule has 0 aromatic carbocycles. The summed E-state index contributed by atoms with van der Waals surface area (Å²) in [6.45, 7) is 2.31. The molecule has 0 spiro atoms. The summed E-state index contributed by atoms with van der Waals surface area (Å²) in [6, 6.07) is 7.85.